The molecule has 4 N–H and O–H groups in total. The van der Waals surface area contributed by atoms with Crippen LogP contribution in [0, 0.1) is 11.7 Å². The number of primary amides is 1. The van der Waals surface area contributed by atoms with Gasteiger partial charge in [-0.2, -0.15) is 0 Å². The fraction of sp³-hybridized carbons (Fsp3) is 0.417. The van der Waals surface area contributed by atoms with Gasteiger partial charge in [-0.1, -0.05) is 19.9 Å². The first-order valence-electron chi connectivity index (χ1n) is 5.43. The molecule has 1 atom stereocenters. The quantitative estimate of drug-likeness (QED) is 0.726. The molecule has 1 unspecified atom stereocenters. The fourth-order valence-corrected chi connectivity index (χ4v) is 1.44. The zero-order chi connectivity index (χ0) is 13.0. The number of benzene rings is 1. The van der Waals surface area contributed by atoms with Crippen LogP contribution in [0.3, 0.4) is 0 Å². The molecule has 17 heavy (non-hydrogen) atoms. The van der Waals surface area contributed by atoms with Crippen LogP contribution in [0.25, 0.3) is 0 Å². The van der Waals surface area contributed by atoms with Crippen molar-refractivity contribution < 1.29 is 14.3 Å². The van der Waals surface area contributed by atoms with Crippen LogP contribution >= 0.6 is 0 Å². The van der Waals surface area contributed by atoms with Gasteiger partial charge in [-0.3, -0.25) is 4.79 Å². The van der Waals surface area contributed by atoms with Gasteiger partial charge in [-0.15, -0.1) is 0 Å². The normalized spacial score (nSPS) is 12.7. The minimum absolute atomic E-state index is 0.346. The van der Waals surface area contributed by atoms with Crippen molar-refractivity contribution in [2.75, 3.05) is 6.54 Å². The number of carbonyl (C=O) groups is 1. The number of halogens is 1. The minimum atomic E-state index is -0.764. The van der Waals surface area contributed by atoms with Crippen LogP contribution in [0.1, 0.15) is 25.5 Å². The molecule has 1 aromatic rings. The molecule has 0 aliphatic rings. The Bertz CT molecular complexity index is 407. The molecule has 1 aromatic carbocycles. The first-order valence-corrected chi connectivity index (χ1v) is 5.43. The van der Waals surface area contributed by atoms with Crippen LogP contribution in [0.15, 0.2) is 18.2 Å². The third kappa shape index (κ3) is 3.71. The molecule has 0 saturated heterocycles. The van der Waals surface area contributed by atoms with Crippen LogP contribution in [-0.4, -0.2) is 17.6 Å². The van der Waals surface area contributed by atoms with Gasteiger partial charge in [-0.25, -0.2) is 4.39 Å². The summed E-state index contributed by atoms with van der Waals surface area (Å²) in [6.07, 6.45) is 0. The highest BCUT2D eigenvalue weighted by Crippen LogP contribution is 2.21. The number of aromatic hydroxyl groups is 1. The van der Waals surface area contributed by atoms with Gasteiger partial charge in [0.05, 0.1) is 0 Å². The molecule has 0 spiro atoms. The fourth-order valence-electron chi connectivity index (χ4n) is 1.44. The molecule has 0 aromatic heterocycles. The van der Waals surface area contributed by atoms with Crippen molar-refractivity contribution in [2.45, 2.75) is 19.9 Å². The lowest BCUT2D eigenvalue weighted by molar-refractivity contribution is -0.120. The van der Waals surface area contributed by atoms with Crippen LogP contribution in [0.5, 0.6) is 5.75 Å². The highest BCUT2D eigenvalue weighted by Gasteiger charge is 2.18. The van der Waals surface area contributed by atoms with Crippen LogP contribution < -0.4 is 11.1 Å². The van der Waals surface area contributed by atoms with E-state index in [9.17, 15) is 9.18 Å². The van der Waals surface area contributed by atoms with E-state index in [1.165, 1.54) is 12.1 Å². The van der Waals surface area contributed by atoms with E-state index < -0.39 is 23.5 Å². The predicted molar refractivity (Wildman–Crippen MR) is 62.8 cm³/mol. The number of carbonyl (C=O) groups excluding carboxylic acids is 1. The summed E-state index contributed by atoms with van der Waals surface area (Å²) in [5.41, 5.74) is 5.67. The highest BCUT2D eigenvalue weighted by molar-refractivity contribution is 5.81. The van der Waals surface area contributed by atoms with Gasteiger partial charge < -0.3 is 16.2 Å². The Hall–Kier alpha value is -1.62. The Morgan fingerprint density at radius 3 is 2.65 bits per heavy atom. The predicted octanol–water partition coefficient (Wildman–Crippen LogP) is 1.30. The topological polar surface area (TPSA) is 75.3 Å². The molecular formula is C12H17FN2O2. The summed E-state index contributed by atoms with van der Waals surface area (Å²) >= 11 is 0. The summed E-state index contributed by atoms with van der Waals surface area (Å²) < 4.78 is 13.2. The van der Waals surface area contributed by atoms with Crippen LogP contribution in [0.4, 0.5) is 4.39 Å². The number of nitrogens with one attached hydrogen (secondary N) is 1. The van der Waals surface area contributed by atoms with Crippen molar-refractivity contribution in [3.8, 4) is 5.75 Å². The van der Waals surface area contributed by atoms with Crippen molar-refractivity contribution >= 4 is 5.91 Å². The van der Waals surface area contributed by atoms with E-state index in [1.807, 2.05) is 13.8 Å². The number of phenolic OH excluding ortho intramolecular Hbond substituents is 1. The third-order valence-corrected chi connectivity index (χ3v) is 2.32. The number of hydrogen-bond acceptors (Lipinski definition) is 3. The second kappa shape index (κ2) is 5.63. The molecule has 0 fully saturated rings. The van der Waals surface area contributed by atoms with Gasteiger partial charge in [0, 0.05) is 0 Å². The number of hydrogen-bond donors (Lipinski definition) is 3. The number of nitrogens with two attached hydrogens (primary N) is 1. The number of rotatable bonds is 5. The Morgan fingerprint density at radius 2 is 2.18 bits per heavy atom. The monoisotopic (exact) mass is 240 g/mol. The molecule has 5 heteroatoms. The van der Waals surface area contributed by atoms with Crippen molar-refractivity contribution in [3.05, 3.63) is 29.6 Å². The van der Waals surface area contributed by atoms with E-state index in [2.05, 4.69) is 5.32 Å². The highest BCUT2D eigenvalue weighted by atomic mass is 19.1. The lowest BCUT2D eigenvalue weighted by Gasteiger charge is -2.17. The zero-order valence-corrected chi connectivity index (χ0v) is 9.90. The first kappa shape index (κ1) is 13.4. The molecule has 0 radical (unpaired) electrons. The third-order valence-electron chi connectivity index (χ3n) is 2.32. The molecule has 0 bridgehead atoms. The number of amides is 1. The second-order valence-electron chi connectivity index (χ2n) is 4.35. The number of phenols is 1. The Labute approximate surface area is 99.6 Å². The van der Waals surface area contributed by atoms with Gasteiger partial charge in [-0.05, 0) is 30.2 Å². The maximum atomic E-state index is 13.2. The summed E-state index contributed by atoms with van der Waals surface area (Å²) in [5, 5.41) is 12.0. The summed E-state index contributed by atoms with van der Waals surface area (Å²) in [6.45, 7) is 4.57. The zero-order valence-electron chi connectivity index (χ0n) is 9.90. The summed E-state index contributed by atoms with van der Waals surface area (Å²) in [6, 6.07) is 3.05. The van der Waals surface area contributed by atoms with E-state index in [1.54, 1.807) is 0 Å². The molecule has 0 heterocycles. The van der Waals surface area contributed by atoms with Gasteiger partial charge in [0.15, 0.2) is 11.6 Å². The molecule has 0 aliphatic heterocycles. The standard InChI is InChI=1S/C12H17FN2O2/c1-7(2)6-15-11(12(14)17)8-3-4-10(16)9(13)5-8/h3-5,7,11,15-16H,6H2,1-2H3,(H2,14,17). The van der Waals surface area contributed by atoms with Gasteiger partial charge in [0.25, 0.3) is 0 Å². The first-order chi connectivity index (χ1) is 7.91. The Morgan fingerprint density at radius 1 is 1.53 bits per heavy atom. The smallest absolute Gasteiger partial charge is 0.239 e. The van der Waals surface area contributed by atoms with Crippen molar-refractivity contribution in [3.63, 3.8) is 0 Å². The lowest BCUT2D eigenvalue weighted by Crippen LogP contribution is -2.35. The molecule has 4 nitrogen and oxygen atoms in total. The lowest BCUT2D eigenvalue weighted by atomic mass is 10.0. The molecule has 0 saturated carbocycles. The van der Waals surface area contributed by atoms with E-state index in [0.29, 0.717) is 18.0 Å². The van der Waals surface area contributed by atoms with Crippen molar-refractivity contribution in [2.24, 2.45) is 11.7 Å². The van der Waals surface area contributed by atoms with E-state index >= 15 is 0 Å². The SMILES string of the molecule is CC(C)CNC(C(N)=O)c1ccc(O)c(F)c1. The van der Waals surface area contributed by atoms with Gasteiger partial charge >= 0.3 is 0 Å². The van der Waals surface area contributed by atoms with Gasteiger partial charge in [0.2, 0.25) is 5.91 Å². The largest absolute Gasteiger partial charge is 0.505 e. The molecule has 94 valence electrons. The summed E-state index contributed by atoms with van der Waals surface area (Å²) in [4.78, 5) is 11.3. The Balaban J connectivity index is 2.89. The second-order valence-corrected chi connectivity index (χ2v) is 4.35. The van der Waals surface area contributed by atoms with Crippen molar-refractivity contribution in [1.29, 1.82) is 0 Å². The molecule has 0 aliphatic carbocycles. The maximum absolute atomic E-state index is 13.2. The molecule has 1 amide bonds. The van der Waals surface area contributed by atoms with Crippen molar-refractivity contribution in [1.82, 2.24) is 5.32 Å². The Kier molecular flexibility index (Phi) is 4.45. The summed E-state index contributed by atoms with van der Waals surface area (Å²) in [7, 11) is 0. The van der Waals surface area contributed by atoms with Crippen LogP contribution in [-0.2, 0) is 4.79 Å². The van der Waals surface area contributed by atoms with E-state index in [-0.39, 0.29) is 0 Å². The minimum Gasteiger partial charge on any atom is -0.505 e. The summed E-state index contributed by atoms with van der Waals surface area (Å²) in [5.74, 6) is -1.43. The van der Waals surface area contributed by atoms with E-state index in [4.69, 9.17) is 10.8 Å². The van der Waals surface area contributed by atoms with Gasteiger partial charge in [0.1, 0.15) is 6.04 Å². The molecular weight excluding hydrogens is 223 g/mol. The average Bonchev–Trinajstić information content (AvgIpc) is 2.22. The van der Waals surface area contributed by atoms with E-state index in [0.717, 1.165) is 6.07 Å². The molecule has 1 rings (SSSR count). The van der Waals surface area contributed by atoms with Crippen LogP contribution in [0.2, 0.25) is 0 Å². The average molecular weight is 240 g/mol. The maximum Gasteiger partial charge on any atom is 0.239 e.